The van der Waals surface area contributed by atoms with Gasteiger partial charge < -0.3 is 20.5 Å². The van der Waals surface area contributed by atoms with Crippen molar-refractivity contribution < 1.29 is 23.8 Å². The molecular weight excluding hydrogens is 421 g/mol. The quantitative estimate of drug-likeness (QED) is 0.513. The van der Waals surface area contributed by atoms with Crippen molar-refractivity contribution in [1.29, 1.82) is 0 Å². The van der Waals surface area contributed by atoms with Crippen molar-refractivity contribution >= 4 is 40.3 Å². The summed E-state index contributed by atoms with van der Waals surface area (Å²) in [5.41, 5.74) is 1.57. The lowest BCUT2D eigenvalue weighted by Gasteiger charge is -2.29. The Hall–Kier alpha value is -3.59. The number of hydrogen-bond donors (Lipinski definition) is 3. The average Bonchev–Trinajstić information content (AvgIpc) is 3.27. The molecule has 1 atom stereocenters. The molecule has 1 unspecified atom stereocenters. The summed E-state index contributed by atoms with van der Waals surface area (Å²) in [6.07, 6.45) is 0.365. The van der Waals surface area contributed by atoms with Crippen LogP contribution in [0.1, 0.15) is 15.2 Å². The van der Waals surface area contributed by atoms with Gasteiger partial charge in [-0.3, -0.25) is 9.69 Å². The Labute approximate surface area is 182 Å². The van der Waals surface area contributed by atoms with Crippen molar-refractivity contribution in [1.82, 2.24) is 0 Å². The molecule has 0 saturated heterocycles. The number of hydrogen-bond acceptors (Lipinski definition) is 6. The summed E-state index contributed by atoms with van der Waals surface area (Å²) in [5, 5.41) is 17.2. The van der Waals surface area contributed by atoms with E-state index >= 15 is 0 Å². The lowest BCUT2D eigenvalue weighted by molar-refractivity contribution is -0.137. The standard InChI is InChI=1S/C22H20FN3O4S/c1-24-18-11-20-16(10-17(18)23)21(27)26(12-30-20)14-6-4-13(5-7-14)25-19(22(28)29)9-15-3-2-8-31-15/h2-8,10-11,19,24-25H,9,12H2,1H3,(H,28,29). The summed E-state index contributed by atoms with van der Waals surface area (Å²) in [7, 11) is 1.59. The number of carbonyl (C=O) groups is 2. The van der Waals surface area contributed by atoms with Gasteiger partial charge in [-0.1, -0.05) is 6.07 Å². The number of benzene rings is 2. The maximum atomic E-state index is 14.1. The minimum Gasteiger partial charge on any atom is -0.480 e. The Morgan fingerprint density at radius 3 is 2.71 bits per heavy atom. The number of amides is 1. The van der Waals surface area contributed by atoms with Crippen LogP contribution in [-0.4, -0.2) is 36.8 Å². The second kappa shape index (κ2) is 8.65. The van der Waals surface area contributed by atoms with Gasteiger partial charge in [-0.2, -0.15) is 0 Å². The third-order valence-corrected chi connectivity index (χ3v) is 5.87. The van der Waals surface area contributed by atoms with Crippen LogP contribution in [0, 0.1) is 5.82 Å². The first-order valence-corrected chi connectivity index (χ1v) is 10.4. The van der Waals surface area contributed by atoms with Crippen molar-refractivity contribution in [2.24, 2.45) is 0 Å². The third kappa shape index (κ3) is 4.31. The lowest BCUT2D eigenvalue weighted by Crippen LogP contribution is -2.38. The number of thiophene rings is 1. The smallest absolute Gasteiger partial charge is 0.326 e. The van der Waals surface area contributed by atoms with Crippen LogP contribution in [-0.2, 0) is 11.2 Å². The van der Waals surface area contributed by atoms with Crippen molar-refractivity contribution in [2.45, 2.75) is 12.5 Å². The van der Waals surface area contributed by atoms with Crippen LogP contribution in [0.5, 0.6) is 5.75 Å². The Kier molecular flexibility index (Phi) is 5.77. The van der Waals surface area contributed by atoms with Crippen LogP contribution in [0.15, 0.2) is 53.9 Å². The van der Waals surface area contributed by atoms with Crippen LogP contribution >= 0.6 is 11.3 Å². The van der Waals surface area contributed by atoms with E-state index in [0.717, 1.165) is 10.9 Å². The summed E-state index contributed by atoms with van der Waals surface area (Å²) in [6.45, 7) is -0.0104. The van der Waals surface area contributed by atoms with Crippen LogP contribution in [0.4, 0.5) is 21.5 Å². The van der Waals surface area contributed by atoms with E-state index in [1.807, 2.05) is 17.5 Å². The molecule has 0 fully saturated rings. The van der Waals surface area contributed by atoms with Crippen molar-refractivity contribution in [2.75, 3.05) is 29.3 Å². The highest BCUT2D eigenvalue weighted by Crippen LogP contribution is 2.32. The Morgan fingerprint density at radius 2 is 2.06 bits per heavy atom. The SMILES string of the molecule is CNc1cc2c(cc1F)C(=O)N(c1ccc(NC(Cc3cccs3)C(=O)O)cc1)CO2. The molecule has 4 rings (SSSR count). The molecule has 0 aliphatic carbocycles. The molecule has 9 heteroatoms. The van der Waals surface area contributed by atoms with Crippen molar-refractivity contribution in [3.63, 3.8) is 0 Å². The fourth-order valence-electron chi connectivity index (χ4n) is 3.33. The molecule has 3 aromatic rings. The number of anilines is 3. The first-order chi connectivity index (χ1) is 15.0. The van der Waals surface area contributed by atoms with E-state index in [4.69, 9.17) is 4.74 Å². The maximum absolute atomic E-state index is 14.1. The summed E-state index contributed by atoms with van der Waals surface area (Å²) in [6, 6.07) is 12.4. The molecule has 0 spiro atoms. The lowest BCUT2D eigenvalue weighted by atomic mass is 10.1. The van der Waals surface area contributed by atoms with Crippen LogP contribution in [0.2, 0.25) is 0 Å². The van der Waals surface area contributed by atoms with Gasteiger partial charge >= 0.3 is 5.97 Å². The largest absolute Gasteiger partial charge is 0.480 e. The molecule has 1 aliphatic rings. The van der Waals surface area contributed by atoms with Gasteiger partial charge in [0.2, 0.25) is 0 Å². The van der Waals surface area contributed by atoms with E-state index in [2.05, 4.69) is 10.6 Å². The molecule has 7 nitrogen and oxygen atoms in total. The molecule has 0 radical (unpaired) electrons. The Morgan fingerprint density at radius 1 is 1.29 bits per heavy atom. The fourth-order valence-corrected chi connectivity index (χ4v) is 4.08. The van der Waals surface area contributed by atoms with Gasteiger partial charge in [-0.25, -0.2) is 9.18 Å². The maximum Gasteiger partial charge on any atom is 0.326 e. The van der Waals surface area contributed by atoms with E-state index in [0.29, 0.717) is 23.5 Å². The second-order valence-electron chi connectivity index (χ2n) is 6.95. The van der Waals surface area contributed by atoms with Gasteiger partial charge in [-0.05, 0) is 41.8 Å². The number of carboxylic acid groups (broad SMARTS) is 1. The first kappa shape index (κ1) is 20.7. The van der Waals surface area contributed by atoms with Gasteiger partial charge in [-0.15, -0.1) is 11.3 Å². The zero-order valence-electron chi connectivity index (χ0n) is 16.6. The highest BCUT2D eigenvalue weighted by atomic mass is 32.1. The molecule has 3 N–H and O–H groups in total. The van der Waals surface area contributed by atoms with Gasteiger partial charge in [0.1, 0.15) is 17.6 Å². The van der Waals surface area contributed by atoms with Crippen molar-refractivity contribution in [3.8, 4) is 5.75 Å². The van der Waals surface area contributed by atoms with Gasteiger partial charge in [0, 0.05) is 35.8 Å². The fraction of sp³-hybridized carbons (Fsp3) is 0.182. The number of rotatable bonds is 7. The number of carbonyl (C=O) groups excluding carboxylic acids is 1. The van der Waals surface area contributed by atoms with E-state index in [-0.39, 0.29) is 23.9 Å². The predicted octanol–water partition coefficient (Wildman–Crippen LogP) is 4.03. The van der Waals surface area contributed by atoms with Gasteiger partial charge in [0.15, 0.2) is 6.73 Å². The molecule has 160 valence electrons. The average molecular weight is 441 g/mol. The third-order valence-electron chi connectivity index (χ3n) is 4.97. The van der Waals surface area contributed by atoms with E-state index in [9.17, 15) is 19.1 Å². The highest BCUT2D eigenvalue weighted by Gasteiger charge is 2.28. The Bertz CT molecular complexity index is 1100. The number of ether oxygens (including phenoxy) is 1. The van der Waals surface area contributed by atoms with Crippen LogP contribution in [0.25, 0.3) is 0 Å². The Balaban J connectivity index is 1.49. The number of aliphatic carboxylic acids is 1. The molecule has 1 aromatic heterocycles. The summed E-state index contributed by atoms with van der Waals surface area (Å²) < 4.78 is 19.8. The zero-order valence-corrected chi connectivity index (χ0v) is 17.4. The molecule has 2 heterocycles. The number of fused-ring (bicyclic) bond motifs is 1. The molecular formula is C22H20FN3O4S. The van der Waals surface area contributed by atoms with E-state index in [1.54, 1.807) is 31.3 Å². The van der Waals surface area contributed by atoms with Gasteiger partial charge in [0.05, 0.1) is 11.3 Å². The molecule has 31 heavy (non-hydrogen) atoms. The topological polar surface area (TPSA) is 90.9 Å². The second-order valence-corrected chi connectivity index (χ2v) is 7.98. The monoisotopic (exact) mass is 441 g/mol. The highest BCUT2D eigenvalue weighted by molar-refractivity contribution is 7.09. The number of halogens is 1. The summed E-state index contributed by atoms with van der Waals surface area (Å²) in [5.74, 6) is -1.53. The number of nitrogens with zero attached hydrogens (tertiary/aromatic N) is 1. The molecule has 1 aliphatic heterocycles. The van der Waals surface area contributed by atoms with Crippen LogP contribution in [0.3, 0.4) is 0 Å². The summed E-state index contributed by atoms with van der Waals surface area (Å²) in [4.78, 5) is 26.8. The summed E-state index contributed by atoms with van der Waals surface area (Å²) >= 11 is 1.51. The van der Waals surface area contributed by atoms with E-state index < -0.39 is 17.8 Å². The molecule has 1 amide bonds. The molecule has 0 saturated carbocycles. The molecule has 0 bridgehead atoms. The molecule has 2 aromatic carbocycles. The number of nitrogens with one attached hydrogen (secondary N) is 2. The number of carboxylic acids is 1. The normalized spacial score (nSPS) is 13.9. The van der Waals surface area contributed by atoms with Gasteiger partial charge in [0.25, 0.3) is 5.91 Å². The predicted molar refractivity (Wildman–Crippen MR) is 118 cm³/mol. The zero-order chi connectivity index (χ0) is 22.0. The van der Waals surface area contributed by atoms with Crippen molar-refractivity contribution in [3.05, 3.63) is 70.2 Å². The van der Waals surface area contributed by atoms with Crippen LogP contribution < -0.4 is 20.3 Å². The minimum atomic E-state index is -0.948. The minimum absolute atomic E-state index is 0.0104. The van der Waals surface area contributed by atoms with E-state index in [1.165, 1.54) is 22.3 Å². The first-order valence-electron chi connectivity index (χ1n) is 9.54.